The fraction of sp³-hybridized carbons (Fsp3) is 0.818. The fourth-order valence-corrected chi connectivity index (χ4v) is 1.48. The molecule has 1 rings (SSSR count). The van der Waals surface area contributed by atoms with Crippen LogP contribution in [0.5, 0.6) is 0 Å². The van der Waals surface area contributed by atoms with Gasteiger partial charge in [0.1, 0.15) is 0 Å². The van der Waals surface area contributed by atoms with Gasteiger partial charge in [0.05, 0.1) is 6.61 Å². The molecule has 0 aromatic carbocycles. The Kier molecular flexibility index (Phi) is 5.42. The molecule has 1 N–H and O–H groups in total. The highest BCUT2D eigenvalue weighted by Gasteiger charge is 2.14. The van der Waals surface area contributed by atoms with Crippen LogP contribution in [0.1, 0.15) is 38.4 Å². The minimum Gasteiger partial charge on any atom is -0.383 e. The number of nitrogens with one attached hydrogen (secondary N) is 1. The Morgan fingerprint density at radius 2 is 2.19 bits per heavy atom. The van der Waals surface area contributed by atoms with E-state index in [1.54, 1.807) is 7.11 Å². The van der Waals surface area contributed by atoms with Gasteiger partial charge in [-0.3, -0.25) is 0 Å². The quantitative estimate of drug-likeness (QED) is 0.762. The second-order valence-corrected chi connectivity index (χ2v) is 4.12. The molecule has 0 amide bonds. The molecule has 0 saturated carbocycles. The summed E-state index contributed by atoms with van der Waals surface area (Å²) in [6.07, 6.45) is 0.710. The highest BCUT2D eigenvalue weighted by atomic mass is 16.5. The Hall–Kier alpha value is -0.940. The minimum atomic E-state index is 0.232. The molecule has 0 fully saturated rings. The molecule has 5 nitrogen and oxygen atoms in total. The van der Waals surface area contributed by atoms with Gasteiger partial charge in [0, 0.05) is 25.5 Å². The lowest BCUT2D eigenvalue weighted by molar-refractivity contribution is 0.162. The molecule has 1 aromatic heterocycles. The SMILES string of the molecule is CCNC(COC)Cc1nc(C(C)C)no1. The summed E-state index contributed by atoms with van der Waals surface area (Å²) in [4.78, 5) is 4.34. The van der Waals surface area contributed by atoms with Crippen LogP contribution in [0.3, 0.4) is 0 Å². The molecule has 1 unspecified atom stereocenters. The van der Waals surface area contributed by atoms with E-state index in [4.69, 9.17) is 9.26 Å². The van der Waals surface area contributed by atoms with Gasteiger partial charge in [-0.25, -0.2) is 0 Å². The molecule has 92 valence electrons. The van der Waals surface area contributed by atoms with Crippen molar-refractivity contribution < 1.29 is 9.26 Å². The molecule has 0 aliphatic heterocycles. The van der Waals surface area contributed by atoms with Gasteiger partial charge >= 0.3 is 0 Å². The summed E-state index contributed by atoms with van der Waals surface area (Å²) in [6, 6.07) is 0.232. The van der Waals surface area contributed by atoms with Gasteiger partial charge in [0.2, 0.25) is 5.89 Å². The topological polar surface area (TPSA) is 60.2 Å². The van der Waals surface area contributed by atoms with E-state index < -0.39 is 0 Å². The van der Waals surface area contributed by atoms with Crippen molar-refractivity contribution in [3.8, 4) is 0 Å². The molecule has 5 heteroatoms. The largest absolute Gasteiger partial charge is 0.383 e. The van der Waals surface area contributed by atoms with Gasteiger partial charge in [0.25, 0.3) is 0 Å². The summed E-state index contributed by atoms with van der Waals surface area (Å²) in [5.41, 5.74) is 0. The highest BCUT2D eigenvalue weighted by Crippen LogP contribution is 2.10. The number of rotatable bonds is 7. The normalized spacial score (nSPS) is 13.3. The van der Waals surface area contributed by atoms with Gasteiger partial charge in [-0.15, -0.1) is 0 Å². The van der Waals surface area contributed by atoms with Crippen molar-refractivity contribution in [3.63, 3.8) is 0 Å². The maximum absolute atomic E-state index is 5.19. The first-order valence-corrected chi connectivity index (χ1v) is 5.72. The predicted octanol–water partition coefficient (Wildman–Crippen LogP) is 1.36. The lowest BCUT2D eigenvalue weighted by Crippen LogP contribution is -2.35. The maximum atomic E-state index is 5.19. The number of likely N-dealkylation sites (N-methyl/N-ethyl adjacent to an activating group) is 1. The smallest absolute Gasteiger partial charge is 0.228 e. The molecule has 0 aliphatic rings. The third kappa shape index (κ3) is 3.90. The minimum absolute atomic E-state index is 0.232. The number of hydrogen-bond donors (Lipinski definition) is 1. The maximum Gasteiger partial charge on any atom is 0.228 e. The molecule has 0 spiro atoms. The Morgan fingerprint density at radius 1 is 1.44 bits per heavy atom. The van der Waals surface area contributed by atoms with Crippen LogP contribution in [0.25, 0.3) is 0 Å². The summed E-state index contributed by atoms with van der Waals surface area (Å²) in [6.45, 7) is 7.71. The van der Waals surface area contributed by atoms with Gasteiger partial charge in [0.15, 0.2) is 5.82 Å². The first-order valence-electron chi connectivity index (χ1n) is 5.72. The molecule has 0 radical (unpaired) electrons. The van der Waals surface area contributed by atoms with Crippen molar-refractivity contribution in [3.05, 3.63) is 11.7 Å². The van der Waals surface area contributed by atoms with Crippen molar-refractivity contribution in [2.24, 2.45) is 0 Å². The Balaban J connectivity index is 2.55. The van der Waals surface area contributed by atoms with E-state index in [0.29, 0.717) is 24.8 Å². The highest BCUT2D eigenvalue weighted by molar-refractivity contribution is 4.93. The zero-order chi connectivity index (χ0) is 12.0. The lowest BCUT2D eigenvalue weighted by Gasteiger charge is -2.14. The lowest BCUT2D eigenvalue weighted by atomic mass is 10.2. The third-order valence-corrected chi connectivity index (χ3v) is 2.28. The summed E-state index contributed by atoms with van der Waals surface area (Å²) in [7, 11) is 1.69. The number of methoxy groups -OCH3 is 1. The predicted molar refractivity (Wildman–Crippen MR) is 61.4 cm³/mol. The Bertz CT molecular complexity index is 293. The molecule has 16 heavy (non-hydrogen) atoms. The van der Waals surface area contributed by atoms with Crippen LogP contribution >= 0.6 is 0 Å². The Morgan fingerprint density at radius 3 is 2.69 bits per heavy atom. The zero-order valence-electron chi connectivity index (χ0n) is 10.5. The second-order valence-electron chi connectivity index (χ2n) is 4.12. The molecule has 0 bridgehead atoms. The average molecular weight is 227 g/mol. The van der Waals surface area contributed by atoms with Crippen LogP contribution < -0.4 is 5.32 Å². The van der Waals surface area contributed by atoms with Crippen molar-refractivity contribution in [2.45, 2.75) is 39.2 Å². The number of nitrogens with zero attached hydrogens (tertiary/aromatic N) is 2. The van der Waals surface area contributed by atoms with Crippen LogP contribution in [0.15, 0.2) is 4.52 Å². The second kappa shape index (κ2) is 6.60. The van der Waals surface area contributed by atoms with Gasteiger partial charge in [-0.1, -0.05) is 25.9 Å². The van der Waals surface area contributed by atoms with E-state index in [2.05, 4.69) is 22.4 Å². The zero-order valence-corrected chi connectivity index (χ0v) is 10.5. The summed E-state index contributed by atoms with van der Waals surface area (Å²) in [5, 5.41) is 7.25. The van der Waals surface area contributed by atoms with Crippen LogP contribution in [0.4, 0.5) is 0 Å². The molecule has 0 aliphatic carbocycles. The third-order valence-electron chi connectivity index (χ3n) is 2.28. The van der Waals surface area contributed by atoms with E-state index >= 15 is 0 Å². The molecule has 1 heterocycles. The van der Waals surface area contributed by atoms with E-state index in [-0.39, 0.29) is 6.04 Å². The van der Waals surface area contributed by atoms with E-state index in [1.165, 1.54) is 0 Å². The van der Waals surface area contributed by atoms with Gasteiger partial charge in [-0.2, -0.15) is 4.98 Å². The number of ether oxygens (including phenoxy) is 1. The van der Waals surface area contributed by atoms with Gasteiger partial charge < -0.3 is 14.6 Å². The first-order chi connectivity index (χ1) is 7.67. The summed E-state index contributed by atoms with van der Waals surface area (Å²) in [5.74, 6) is 1.74. The number of hydrogen-bond acceptors (Lipinski definition) is 5. The van der Waals surface area contributed by atoms with Crippen LogP contribution in [0, 0.1) is 0 Å². The van der Waals surface area contributed by atoms with Crippen molar-refractivity contribution in [1.82, 2.24) is 15.5 Å². The molecular weight excluding hydrogens is 206 g/mol. The molecule has 1 aromatic rings. The standard InChI is InChI=1S/C11H21N3O2/c1-5-12-9(7-15-4)6-10-13-11(8(2)3)14-16-10/h8-9,12H,5-7H2,1-4H3. The van der Waals surface area contributed by atoms with Crippen LogP contribution in [0.2, 0.25) is 0 Å². The Labute approximate surface area is 96.6 Å². The first kappa shape index (κ1) is 13.1. The van der Waals surface area contributed by atoms with Crippen LogP contribution in [-0.4, -0.2) is 36.4 Å². The summed E-state index contributed by atoms with van der Waals surface area (Å²) < 4.78 is 10.3. The van der Waals surface area contributed by atoms with Crippen molar-refractivity contribution >= 4 is 0 Å². The number of aromatic nitrogens is 2. The molecular formula is C11H21N3O2. The van der Waals surface area contributed by atoms with Crippen LogP contribution in [-0.2, 0) is 11.2 Å². The summed E-state index contributed by atoms with van der Waals surface area (Å²) >= 11 is 0. The average Bonchev–Trinajstić information content (AvgIpc) is 2.67. The van der Waals surface area contributed by atoms with E-state index in [0.717, 1.165) is 12.4 Å². The molecule has 1 atom stereocenters. The van der Waals surface area contributed by atoms with E-state index in [1.807, 2.05) is 13.8 Å². The van der Waals surface area contributed by atoms with Gasteiger partial charge in [-0.05, 0) is 6.54 Å². The monoisotopic (exact) mass is 227 g/mol. The molecule has 0 saturated heterocycles. The fourth-order valence-electron chi connectivity index (χ4n) is 1.48. The van der Waals surface area contributed by atoms with Crippen molar-refractivity contribution in [1.29, 1.82) is 0 Å². The van der Waals surface area contributed by atoms with Crippen molar-refractivity contribution in [2.75, 3.05) is 20.3 Å². The van der Waals surface area contributed by atoms with E-state index in [9.17, 15) is 0 Å².